The molecule has 0 aromatic carbocycles. The molecule has 0 aromatic heterocycles. The first-order chi connectivity index (χ1) is 24.0. The summed E-state index contributed by atoms with van der Waals surface area (Å²) >= 11 is 0. The lowest BCUT2D eigenvalue weighted by atomic mass is 9.94. The summed E-state index contributed by atoms with van der Waals surface area (Å²) in [6.45, 7) is -2.46. The van der Waals surface area contributed by atoms with E-state index < -0.39 is 161 Å². The zero-order chi connectivity index (χ0) is 38.3. The largest absolute Gasteiger partial charge is 0.394 e. The maximum Gasteiger partial charge on any atom is 0.217 e. The summed E-state index contributed by atoms with van der Waals surface area (Å²) in [5, 5.41) is 139. The van der Waals surface area contributed by atoms with E-state index in [0.29, 0.717) is 0 Å². The van der Waals surface area contributed by atoms with Gasteiger partial charge in [0.05, 0.1) is 39.1 Å². The summed E-state index contributed by atoms with van der Waals surface area (Å²) in [6, 6.07) is -3.10. The number of nitrogens with one attached hydrogen (secondary N) is 2. The lowest BCUT2D eigenvalue weighted by Crippen LogP contribution is -2.69. The number of carbonyl (C=O) groups excluding carboxylic acids is 2. The van der Waals surface area contributed by atoms with Crippen LogP contribution in [0.3, 0.4) is 0 Å². The fraction of sp³-hybridized carbons (Fsp3) is 0.929. The number of ether oxygens (including phenoxy) is 6. The van der Waals surface area contributed by atoms with Gasteiger partial charge in [0.25, 0.3) is 0 Å². The van der Waals surface area contributed by atoms with Crippen molar-refractivity contribution in [1.29, 1.82) is 0 Å². The van der Waals surface area contributed by atoms with E-state index in [9.17, 15) is 76.0 Å². The van der Waals surface area contributed by atoms with Crippen LogP contribution in [0.4, 0.5) is 0 Å². The zero-order valence-electron chi connectivity index (χ0n) is 27.6. The molecule has 3 saturated heterocycles. The Morgan fingerprint density at radius 1 is 0.627 bits per heavy atom. The third-order valence-electron chi connectivity index (χ3n) is 8.67. The van der Waals surface area contributed by atoms with Crippen LogP contribution in [-0.4, -0.2) is 228 Å². The van der Waals surface area contributed by atoms with Crippen LogP contribution in [-0.2, 0) is 38.0 Å². The Kier molecular flexibility index (Phi) is 16.7. The number of rotatable bonds is 16. The molecule has 298 valence electrons. The maximum absolute atomic E-state index is 12.2. The van der Waals surface area contributed by atoms with Gasteiger partial charge in [0, 0.05) is 13.8 Å². The highest BCUT2D eigenvalue weighted by Gasteiger charge is 2.54. The highest BCUT2D eigenvalue weighted by molar-refractivity contribution is 5.73. The van der Waals surface area contributed by atoms with Gasteiger partial charge in [-0.3, -0.25) is 9.59 Å². The molecule has 0 spiro atoms. The van der Waals surface area contributed by atoms with Gasteiger partial charge in [-0.05, 0) is 0 Å². The first-order valence-corrected chi connectivity index (χ1v) is 16.0. The molecule has 0 aliphatic carbocycles. The van der Waals surface area contributed by atoms with E-state index in [1.165, 1.54) is 0 Å². The van der Waals surface area contributed by atoms with Gasteiger partial charge in [-0.2, -0.15) is 0 Å². The van der Waals surface area contributed by atoms with E-state index in [2.05, 4.69) is 10.6 Å². The first-order valence-electron chi connectivity index (χ1n) is 16.0. The summed E-state index contributed by atoms with van der Waals surface area (Å²) in [6.07, 6.45) is -31.0. The topological polar surface area (TPSA) is 377 Å². The number of carbonyl (C=O) groups is 2. The molecule has 51 heavy (non-hydrogen) atoms. The van der Waals surface area contributed by atoms with E-state index in [1.807, 2.05) is 0 Å². The predicted octanol–water partition coefficient (Wildman–Crippen LogP) is -9.83. The maximum atomic E-state index is 12.2. The fourth-order valence-electron chi connectivity index (χ4n) is 5.94. The smallest absolute Gasteiger partial charge is 0.217 e. The molecule has 0 bridgehead atoms. The summed E-state index contributed by atoms with van der Waals surface area (Å²) in [7, 11) is 0. The van der Waals surface area contributed by atoms with Crippen LogP contribution in [0.25, 0.3) is 0 Å². The van der Waals surface area contributed by atoms with Crippen molar-refractivity contribution in [2.24, 2.45) is 0 Å². The summed E-state index contributed by atoms with van der Waals surface area (Å²) < 4.78 is 33.5. The van der Waals surface area contributed by atoms with Gasteiger partial charge in [-0.25, -0.2) is 0 Å². The van der Waals surface area contributed by atoms with Gasteiger partial charge in [-0.15, -0.1) is 0 Å². The Balaban J connectivity index is 1.88. The van der Waals surface area contributed by atoms with Crippen LogP contribution in [0.2, 0.25) is 0 Å². The summed E-state index contributed by atoms with van der Waals surface area (Å²) in [5.41, 5.74) is 0. The van der Waals surface area contributed by atoms with Gasteiger partial charge in [-0.1, -0.05) is 0 Å². The second-order valence-corrected chi connectivity index (χ2v) is 12.4. The number of hydrogen-bond acceptors (Lipinski definition) is 21. The number of aliphatic hydroxyl groups excluding tert-OH is 13. The Morgan fingerprint density at radius 2 is 1.16 bits per heavy atom. The molecule has 0 radical (unpaired) electrons. The highest BCUT2D eigenvalue weighted by atomic mass is 16.8. The van der Waals surface area contributed by atoms with E-state index in [-0.39, 0.29) is 0 Å². The number of amides is 2. The second-order valence-electron chi connectivity index (χ2n) is 12.4. The van der Waals surface area contributed by atoms with Crippen molar-refractivity contribution < 1.29 is 104 Å². The third kappa shape index (κ3) is 10.2. The molecular weight excluding hydrogens is 700 g/mol. The average Bonchev–Trinajstić information content (AvgIpc) is 3.10. The van der Waals surface area contributed by atoms with E-state index in [1.54, 1.807) is 0 Å². The van der Waals surface area contributed by atoms with Gasteiger partial charge >= 0.3 is 0 Å². The van der Waals surface area contributed by atoms with Crippen LogP contribution < -0.4 is 10.6 Å². The van der Waals surface area contributed by atoms with Gasteiger partial charge in [0.2, 0.25) is 11.8 Å². The summed E-state index contributed by atoms with van der Waals surface area (Å²) in [5.74, 6) is -1.47. The molecule has 0 unspecified atom stereocenters. The van der Waals surface area contributed by atoms with Crippen molar-refractivity contribution >= 4 is 11.8 Å². The van der Waals surface area contributed by atoms with Gasteiger partial charge in [0.1, 0.15) is 91.5 Å². The lowest BCUT2D eigenvalue weighted by Gasteiger charge is -2.49. The van der Waals surface area contributed by atoms with Crippen LogP contribution >= 0.6 is 0 Å². The molecule has 23 heteroatoms. The molecule has 3 fully saturated rings. The average molecular weight is 751 g/mol. The Morgan fingerprint density at radius 3 is 1.67 bits per heavy atom. The molecule has 15 N–H and O–H groups in total. The quantitative estimate of drug-likeness (QED) is 0.0696. The van der Waals surface area contributed by atoms with E-state index in [4.69, 9.17) is 28.4 Å². The minimum absolute atomic E-state index is 0.685. The van der Waals surface area contributed by atoms with Crippen molar-refractivity contribution in [2.75, 3.05) is 33.0 Å². The van der Waals surface area contributed by atoms with Gasteiger partial charge in [0.15, 0.2) is 18.9 Å². The van der Waals surface area contributed by atoms with Crippen LogP contribution in [0.5, 0.6) is 0 Å². The van der Waals surface area contributed by atoms with Crippen molar-refractivity contribution in [3.8, 4) is 0 Å². The highest BCUT2D eigenvalue weighted by Crippen LogP contribution is 2.33. The molecule has 23 nitrogen and oxygen atoms in total. The molecule has 2 amide bonds. The van der Waals surface area contributed by atoms with Gasteiger partial charge < -0.3 is 105 Å². The third-order valence-corrected chi connectivity index (χ3v) is 8.67. The van der Waals surface area contributed by atoms with E-state index in [0.717, 1.165) is 13.8 Å². The van der Waals surface area contributed by atoms with Crippen LogP contribution in [0, 0.1) is 0 Å². The van der Waals surface area contributed by atoms with E-state index >= 15 is 0 Å². The molecule has 3 aliphatic rings. The number of hydrogen-bond donors (Lipinski definition) is 15. The fourth-order valence-corrected chi connectivity index (χ4v) is 5.94. The summed E-state index contributed by atoms with van der Waals surface area (Å²) in [4.78, 5) is 23.8. The van der Waals surface area contributed by atoms with Crippen molar-refractivity contribution in [1.82, 2.24) is 10.6 Å². The SMILES string of the molecule is CC(=O)N[C@H]1[C@H](O[C@@H]([C@H](O)[C@H](CO)NC(C)=O)[C@H](O)CO)O[C@H](CO)[C@@H](O[C@@H]2O[C@H](CO)[C@@H](O)[C@H](O[C@H]3O[C@H](CO)[C@@H](O)[C@H](O)[C@@H]3O)[C@@H]2O)[C@@H]1O. The standard InChI is InChI=1S/C28H50N2O21/c1-8(36)29-10(3-31)16(39)23(11(38)4-32)49-26-15(30-9(2)37)19(42)24(14(7-35)48-26)50-28-22(45)25(18(41)13(6-34)47-28)51-27-21(44)20(43)17(40)12(5-33)46-27/h10-28,31-35,38-45H,3-7H2,1-2H3,(H,29,36)(H,30,37)/t10-,11+,12+,13+,14+,15+,16+,17+,18+,19+,20-,21-,22-,23+,24+,25-,26-,27+,28-/m0/s1. The first kappa shape index (κ1) is 43.6. The monoisotopic (exact) mass is 750 g/mol. The zero-order valence-corrected chi connectivity index (χ0v) is 27.6. The Labute approximate surface area is 290 Å². The predicted molar refractivity (Wildman–Crippen MR) is 159 cm³/mol. The normalized spacial score (nSPS) is 41.3. The minimum Gasteiger partial charge on any atom is -0.394 e. The Hall–Kier alpha value is -1.82. The Bertz CT molecular complexity index is 1090. The van der Waals surface area contributed by atoms with Crippen LogP contribution in [0.15, 0.2) is 0 Å². The second kappa shape index (κ2) is 19.5. The van der Waals surface area contributed by atoms with Crippen LogP contribution in [0.1, 0.15) is 13.8 Å². The molecule has 19 atom stereocenters. The lowest BCUT2D eigenvalue weighted by molar-refractivity contribution is -0.378. The molecule has 3 rings (SSSR count). The molecule has 3 aliphatic heterocycles. The molecule has 0 aromatic rings. The molecule has 0 saturated carbocycles. The van der Waals surface area contributed by atoms with Crippen molar-refractivity contribution in [3.63, 3.8) is 0 Å². The minimum atomic E-state index is -2.06. The molecule has 3 heterocycles. The van der Waals surface area contributed by atoms with Crippen molar-refractivity contribution in [3.05, 3.63) is 0 Å². The number of aliphatic hydroxyl groups is 13. The molecular formula is C28H50N2O21. The van der Waals surface area contributed by atoms with Crippen molar-refractivity contribution in [2.45, 2.75) is 130 Å².